The van der Waals surface area contributed by atoms with Crippen molar-refractivity contribution in [1.82, 2.24) is 0 Å². The van der Waals surface area contributed by atoms with Crippen LogP contribution in [0.2, 0.25) is 0 Å². The van der Waals surface area contributed by atoms with Gasteiger partial charge in [0.15, 0.2) is 0 Å². The van der Waals surface area contributed by atoms with Crippen LogP contribution >= 0.6 is 11.8 Å². The molecular weight excluding hydrogens is 410 g/mol. The molecule has 0 saturated carbocycles. The number of thiocyanates is 1. The van der Waals surface area contributed by atoms with Gasteiger partial charge in [-0.2, -0.15) is 5.26 Å². The quantitative estimate of drug-likeness (QED) is 0.198. The molecule has 6 heteroatoms. The molecule has 0 radical (unpaired) electrons. The number of thioether (sulfide) groups is 1. The van der Waals surface area contributed by atoms with Gasteiger partial charge in [0.2, 0.25) is 0 Å². The van der Waals surface area contributed by atoms with E-state index in [9.17, 15) is 17.6 Å². The number of rotatable bonds is 4. The van der Waals surface area contributed by atoms with Crippen LogP contribution in [0, 0.1) is 45.8 Å². The molecular formula is C24H15F4NS. The average molecular weight is 425 g/mol. The minimum atomic E-state index is -0.850. The first-order chi connectivity index (χ1) is 14.4. The van der Waals surface area contributed by atoms with Gasteiger partial charge in [-0.25, -0.2) is 17.6 Å². The van der Waals surface area contributed by atoms with Crippen molar-refractivity contribution in [2.24, 2.45) is 0 Å². The Morgan fingerprint density at radius 1 is 0.767 bits per heavy atom. The summed E-state index contributed by atoms with van der Waals surface area (Å²) in [4.78, 5) is -0.364. The lowest BCUT2D eigenvalue weighted by molar-refractivity contribution is 0.540. The fourth-order valence-electron chi connectivity index (χ4n) is 2.92. The van der Waals surface area contributed by atoms with E-state index in [2.05, 4.69) is 11.8 Å². The van der Waals surface area contributed by atoms with Crippen molar-refractivity contribution in [3.8, 4) is 28.4 Å². The minimum Gasteiger partial charge on any atom is -0.207 e. The topological polar surface area (TPSA) is 23.8 Å². The Balaban J connectivity index is 1.84. The summed E-state index contributed by atoms with van der Waals surface area (Å²) in [5, 5.41) is 10.2. The Morgan fingerprint density at radius 2 is 1.33 bits per heavy atom. The number of hydrogen-bond donors (Lipinski definition) is 0. The molecule has 0 amide bonds. The van der Waals surface area contributed by atoms with Gasteiger partial charge in [0.05, 0.1) is 4.90 Å². The molecule has 0 unspecified atom stereocenters. The second-order valence-corrected chi connectivity index (χ2v) is 7.25. The molecule has 0 atom stereocenters. The van der Waals surface area contributed by atoms with Crippen molar-refractivity contribution in [1.29, 1.82) is 5.26 Å². The SMILES string of the molecule is CCCc1c(F)cc(-c2ccc(C#Cc3cc(F)c(SC#N)c(F)c3)cc2)cc1F. The van der Waals surface area contributed by atoms with Gasteiger partial charge in [-0.3, -0.25) is 0 Å². The second-order valence-electron chi connectivity index (χ2n) is 6.46. The van der Waals surface area contributed by atoms with E-state index >= 15 is 0 Å². The number of hydrogen-bond acceptors (Lipinski definition) is 2. The maximum absolute atomic E-state index is 14.2. The zero-order valence-electron chi connectivity index (χ0n) is 15.9. The van der Waals surface area contributed by atoms with Crippen molar-refractivity contribution >= 4 is 11.8 Å². The summed E-state index contributed by atoms with van der Waals surface area (Å²) < 4.78 is 56.1. The van der Waals surface area contributed by atoms with Gasteiger partial charge in [-0.1, -0.05) is 37.3 Å². The molecule has 1 nitrogen and oxygen atoms in total. The van der Waals surface area contributed by atoms with Crippen LogP contribution in [0.3, 0.4) is 0 Å². The Hall–Kier alpha value is -3.22. The lowest BCUT2D eigenvalue weighted by Gasteiger charge is -2.08. The van der Waals surface area contributed by atoms with E-state index in [-0.39, 0.29) is 16.0 Å². The molecule has 3 aromatic carbocycles. The predicted molar refractivity (Wildman–Crippen MR) is 110 cm³/mol. The molecule has 150 valence electrons. The lowest BCUT2D eigenvalue weighted by atomic mass is 10.00. The maximum Gasteiger partial charge on any atom is 0.142 e. The zero-order valence-corrected chi connectivity index (χ0v) is 16.7. The van der Waals surface area contributed by atoms with Crippen LogP contribution in [0.25, 0.3) is 11.1 Å². The summed E-state index contributed by atoms with van der Waals surface area (Å²) >= 11 is 0.411. The molecule has 3 aromatic rings. The van der Waals surface area contributed by atoms with Crippen LogP contribution < -0.4 is 0 Å². The molecule has 0 N–H and O–H groups in total. The summed E-state index contributed by atoms with van der Waals surface area (Å²) in [6.45, 7) is 1.86. The van der Waals surface area contributed by atoms with Gasteiger partial charge in [0.1, 0.15) is 28.7 Å². The molecule has 30 heavy (non-hydrogen) atoms. The summed E-state index contributed by atoms with van der Waals surface area (Å²) in [6, 6.07) is 11.4. The molecule has 0 heterocycles. The summed E-state index contributed by atoms with van der Waals surface area (Å²) in [5.74, 6) is 2.62. The van der Waals surface area contributed by atoms with Crippen molar-refractivity contribution in [2.45, 2.75) is 24.7 Å². The first-order valence-electron chi connectivity index (χ1n) is 9.08. The highest BCUT2D eigenvalue weighted by Gasteiger charge is 2.12. The third-order valence-corrected chi connectivity index (χ3v) is 5.04. The smallest absolute Gasteiger partial charge is 0.142 e. The van der Waals surface area contributed by atoms with Gasteiger partial charge in [-0.15, -0.1) is 0 Å². The Kier molecular flexibility index (Phi) is 6.82. The molecule has 3 rings (SSSR count). The molecule has 0 spiro atoms. The normalized spacial score (nSPS) is 10.3. The van der Waals surface area contributed by atoms with Crippen LogP contribution in [0.15, 0.2) is 53.4 Å². The van der Waals surface area contributed by atoms with Gasteiger partial charge in [-0.05, 0) is 65.7 Å². The Labute approximate surface area is 176 Å². The molecule has 0 aromatic heterocycles. The van der Waals surface area contributed by atoms with Crippen LogP contribution in [0.1, 0.15) is 30.0 Å². The Bertz CT molecular complexity index is 1140. The van der Waals surface area contributed by atoms with E-state index in [1.807, 2.05) is 6.92 Å². The molecule has 0 aliphatic carbocycles. The summed E-state index contributed by atoms with van der Waals surface area (Å²) in [6.07, 6.45) is 0.984. The highest BCUT2D eigenvalue weighted by atomic mass is 32.2. The first-order valence-corrected chi connectivity index (χ1v) is 9.90. The highest BCUT2D eigenvalue weighted by Crippen LogP contribution is 2.26. The van der Waals surface area contributed by atoms with Crippen LogP contribution in [0.5, 0.6) is 0 Å². The molecule has 0 bridgehead atoms. The molecule has 0 fully saturated rings. The lowest BCUT2D eigenvalue weighted by Crippen LogP contribution is -1.96. The fourth-order valence-corrected chi connectivity index (χ4v) is 3.33. The second kappa shape index (κ2) is 9.52. The minimum absolute atomic E-state index is 0.0855. The van der Waals surface area contributed by atoms with E-state index < -0.39 is 23.3 Å². The van der Waals surface area contributed by atoms with Crippen molar-refractivity contribution in [3.05, 3.63) is 88.5 Å². The van der Waals surface area contributed by atoms with Gasteiger partial charge >= 0.3 is 0 Å². The van der Waals surface area contributed by atoms with Crippen molar-refractivity contribution in [3.63, 3.8) is 0 Å². The zero-order chi connectivity index (χ0) is 21.7. The number of halogens is 4. The molecule has 0 saturated heterocycles. The Morgan fingerprint density at radius 3 is 1.87 bits per heavy atom. The maximum atomic E-state index is 14.2. The van der Waals surface area contributed by atoms with E-state index in [1.165, 1.54) is 12.1 Å². The fraction of sp³-hybridized carbons (Fsp3) is 0.125. The van der Waals surface area contributed by atoms with Gasteiger partial charge < -0.3 is 0 Å². The van der Waals surface area contributed by atoms with Crippen LogP contribution in [-0.4, -0.2) is 0 Å². The molecule has 0 aliphatic heterocycles. The largest absolute Gasteiger partial charge is 0.207 e. The van der Waals surface area contributed by atoms with E-state index in [1.54, 1.807) is 29.7 Å². The molecule has 0 aliphatic rings. The monoisotopic (exact) mass is 425 g/mol. The standard InChI is InChI=1S/C24H15F4NS/c1-2-3-19-20(25)12-18(13-21(19)26)17-8-6-15(7-9-17)4-5-16-10-22(27)24(30-14-29)23(28)11-16/h6-13H,2-3H2,1H3. The average Bonchev–Trinajstić information content (AvgIpc) is 2.72. The van der Waals surface area contributed by atoms with Crippen molar-refractivity contribution in [2.75, 3.05) is 0 Å². The van der Waals surface area contributed by atoms with Crippen molar-refractivity contribution < 1.29 is 17.6 Å². The van der Waals surface area contributed by atoms with Crippen LogP contribution in [-0.2, 0) is 6.42 Å². The summed E-state index contributed by atoms with van der Waals surface area (Å²) in [7, 11) is 0. The number of benzene rings is 3. The first kappa shape index (κ1) is 21.5. The van der Waals surface area contributed by atoms with E-state index in [4.69, 9.17) is 5.26 Å². The third-order valence-electron chi connectivity index (χ3n) is 4.36. The van der Waals surface area contributed by atoms with Gasteiger partial charge in [0, 0.05) is 16.7 Å². The number of nitrogens with zero attached hydrogens (tertiary/aromatic N) is 1. The van der Waals surface area contributed by atoms with Crippen LogP contribution in [0.4, 0.5) is 17.6 Å². The number of nitriles is 1. The summed E-state index contributed by atoms with van der Waals surface area (Å²) in [5.41, 5.74) is 1.82. The highest BCUT2D eigenvalue weighted by molar-refractivity contribution is 8.03. The van der Waals surface area contributed by atoms with E-state index in [0.29, 0.717) is 41.3 Å². The predicted octanol–water partition coefficient (Wildman–Crippen LogP) is 6.84. The van der Waals surface area contributed by atoms with E-state index in [0.717, 1.165) is 12.1 Å². The van der Waals surface area contributed by atoms with Gasteiger partial charge in [0.25, 0.3) is 0 Å². The third kappa shape index (κ3) is 4.84.